The van der Waals surface area contributed by atoms with Crippen LogP contribution in [-0.2, 0) is 15.8 Å². The van der Waals surface area contributed by atoms with Crippen molar-refractivity contribution in [3.8, 4) is 0 Å². The van der Waals surface area contributed by atoms with Gasteiger partial charge in [-0.25, -0.2) is 4.79 Å². The van der Waals surface area contributed by atoms with Crippen molar-refractivity contribution >= 4 is 14.4 Å². The lowest BCUT2D eigenvalue weighted by Gasteiger charge is -2.37. The van der Waals surface area contributed by atoms with Gasteiger partial charge in [0, 0.05) is 0 Å². The van der Waals surface area contributed by atoms with E-state index < -0.39 is 14.4 Å². The fourth-order valence-corrected chi connectivity index (χ4v) is 2.63. The first-order chi connectivity index (χ1) is 10.7. The molecule has 0 saturated heterocycles. The minimum atomic E-state index is -1.85. The third-order valence-corrected chi connectivity index (χ3v) is 8.73. The Bertz CT molecular complexity index is 509. The number of benzene rings is 1. The minimum absolute atomic E-state index is 0.131. The number of hydrogen-bond donors (Lipinski definition) is 1. The molecule has 0 heterocycles. The molecule has 0 fully saturated rings. The van der Waals surface area contributed by atoms with Crippen molar-refractivity contribution in [3.63, 3.8) is 0 Å². The monoisotopic (exact) mass is 335 g/mol. The molecule has 128 valence electrons. The molecular weight excluding hydrogens is 306 g/mol. The topological polar surface area (TPSA) is 47.6 Å². The van der Waals surface area contributed by atoms with Crippen LogP contribution in [0.5, 0.6) is 0 Å². The second kappa shape index (κ2) is 8.31. The van der Waals surface area contributed by atoms with Crippen LogP contribution in [-0.4, -0.2) is 27.1 Å². The number of ether oxygens (including phenoxy) is 1. The summed E-state index contributed by atoms with van der Waals surface area (Å²) in [5, 5.41) is 2.91. The van der Waals surface area contributed by atoms with Crippen molar-refractivity contribution in [2.24, 2.45) is 0 Å². The number of hydrogen-bond acceptors (Lipinski definition) is 3. The second-order valence-corrected chi connectivity index (χ2v) is 11.9. The summed E-state index contributed by atoms with van der Waals surface area (Å²) in [7, 11) is -1.85. The number of carbonyl (C=O) groups is 1. The van der Waals surface area contributed by atoms with Crippen LogP contribution in [0.25, 0.3) is 0 Å². The molecule has 0 saturated carbocycles. The van der Waals surface area contributed by atoms with Gasteiger partial charge in [0.1, 0.15) is 6.61 Å². The Hall–Kier alpha value is -1.59. The van der Waals surface area contributed by atoms with Crippen molar-refractivity contribution in [1.29, 1.82) is 0 Å². The summed E-state index contributed by atoms with van der Waals surface area (Å²) in [6.45, 7) is 15.3. The van der Waals surface area contributed by atoms with Crippen molar-refractivity contribution in [2.75, 3.05) is 6.61 Å². The Morgan fingerprint density at radius 2 is 1.91 bits per heavy atom. The standard InChI is InChI=1S/C18H29NO3Si/c1-7-16(14-22-23(5,6)18(2,3)4)19-17(20)21-13-15-11-9-8-10-12-15/h7-12,16H,1,13-14H2,2-6H3,(H,19,20)/t16-/m1/s1. The lowest BCUT2D eigenvalue weighted by molar-refractivity contribution is 0.133. The predicted octanol–water partition coefficient (Wildman–Crippen LogP) is 4.49. The molecule has 1 rings (SSSR count). The molecule has 0 aliphatic rings. The number of nitrogens with one attached hydrogen (secondary N) is 1. The van der Waals surface area contributed by atoms with Crippen LogP contribution < -0.4 is 5.32 Å². The van der Waals surface area contributed by atoms with E-state index in [9.17, 15) is 4.79 Å². The molecule has 1 aromatic carbocycles. The molecule has 1 atom stereocenters. The van der Waals surface area contributed by atoms with Gasteiger partial charge in [-0.3, -0.25) is 0 Å². The maximum atomic E-state index is 11.9. The van der Waals surface area contributed by atoms with Crippen molar-refractivity contribution in [2.45, 2.75) is 51.6 Å². The van der Waals surface area contributed by atoms with E-state index in [1.165, 1.54) is 0 Å². The van der Waals surface area contributed by atoms with Gasteiger partial charge < -0.3 is 14.5 Å². The number of amides is 1. The highest BCUT2D eigenvalue weighted by atomic mass is 28.4. The smallest absolute Gasteiger partial charge is 0.408 e. The van der Waals surface area contributed by atoms with Crippen LogP contribution in [0, 0.1) is 0 Å². The largest absolute Gasteiger partial charge is 0.445 e. The first kappa shape index (κ1) is 19.5. The van der Waals surface area contributed by atoms with Gasteiger partial charge in [0.2, 0.25) is 0 Å². The second-order valence-electron chi connectivity index (χ2n) is 7.12. The summed E-state index contributed by atoms with van der Waals surface area (Å²) in [5.41, 5.74) is 0.954. The van der Waals surface area contributed by atoms with Crippen LogP contribution in [0.4, 0.5) is 4.79 Å². The van der Waals surface area contributed by atoms with Crippen molar-refractivity contribution in [3.05, 3.63) is 48.6 Å². The molecule has 0 aromatic heterocycles. The lowest BCUT2D eigenvalue weighted by atomic mass is 10.2. The zero-order valence-corrected chi connectivity index (χ0v) is 15.9. The highest BCUT2D eigenvalue weighted by Gasteiger charge is 2.37. The van der Waals surface area contributed by atoms with Gasteiger partial charge in [-0.1, -0.05) is 57.2 Å². The third kappa shape index (κ3) is 6.58. The van der Waals surface area contributed by atoms with E-state index in [0.717, 1.165) is 5.56 Å². The molecule has 0 bridgehead atoms. The summed E-state index contributed by atoms with van der Waals surface area (Å²) in [6, 6.07) is 9.33. The first-order valence-electron chi connectivity index (χ1n) is 7.89. The van der Waals surface area contributed by atoms with E-state index in [2.05, 4.69) is 45.8 Å². The molecule has 4 nitrogen and oxygen atoms in total. The molecule has 1 aromatic rings. The van der Waals surface area contributed by atoms with Gasteiger partial charge in [0.15, 0.2) is 8.32 Å². The van der Waals surface area contributed by atoms with E-state index in [0.29, 0.717) is 6.61 Å². The summed E-state index contributed by atoms with van der Waals surface area (Å²) >= 11 is 0. The first-order valence-corrected chi connectivity index (χ1v) is 10.8. The quantitative estimate of drug-likeness (QED) is 0.590. The van der Waals surface area contributed by atoms with Crippen LogP contribution in [0.15, 0.2) is 43.0 Å². The maximum Gasteiger partial charge on any atom is 0.408 e. The molecule has 0 unspecified atom stereocenters. The van der Waals surface area contributed by atoms with Gasteiger partial charge >= 0.3 is 6.09 Å². The van der Waals surface area contributed by atoms with Crippen LogP contribution in [0.3, 0.4) is 0 Å². The SMILES string of the molecule is C=C[C@H](CO[Si](C)(C)C(C)(C)C)NC(=O)OCc1ccccc1. The fraction of sp³-hybridized carbons (Fsp3) is 0.500. The molecule has 5 heteroatoms. The summed E-state index contributed by atoms with van der Waals surface area (Å²) in [6.07, 6.45) is 1.22. The van der Waals surface area contributed by atoms with Crippen LogP contribution >= 0.6 is 0 Å². The Morgan fingerprint density at radius 1 is 1.30 bits per heavy atom. The van der Waals surface area contributed by atoms with Crippen molar-refractivity contribution < 1.29 is 14.0 Å². The summed E-state index contributed by atoms with van der Waals surface area (Å²) in [4.78, 5) is 11.9. The van der Waals surface area contributed by atoms with Crippen LogP contribution in [0.1, 0.15) is 26.3 Å². The molecule has 0 aliphatic heterocycles. The van der Waals surface area contributed by atoms with E-state index in [4.69, 9.17) is 9.16 Å². The van der Waals surface area contributed by atoms with Gasteiger partial charge in [-0.2, -0.15) is 0 Å². The highest BCUT2D eigenvalue weighted by Crippen LogP contribution is 2.36. The molecule has 0 radical (unpaired) electrons. The van der Waals surface area contributed by atoms with E-state index in [-0.39, 0.29) is 17.7 Å². The molecular formula is C18H29NO3Si. The zero-order chi connectivity index (χ0) is 17.5. The number of carbonyl (C=O) groups excluding carboxylic acids is 1. The average Bonchev–Trinajstić information content (AvgIpc) is 2.49. The molecule has 23 heavy (non-hydrogen) atoms. The third-order valence-electron chi connectivity index (χ3n) is 4.23. The van der Waals surface area contributed by atoms with Crippen molar-refractivity contribution in [1.82, 2.24) is 5.32 Å². The van der Waals surface area contributed by atoms with E-state index in [1.807, 2.05) is 30.3 Å². The average molecular weight is 336 g/mol. The van der Waals surface area contributed by atoms with E-state index >= 15 is 0 Å². The van der Waals surface area contributed by atoms with Gasteiger partial charge in [0.05, 0.1) is 12.6 Å². The lowest BCUT2D eigenvalue weighted by Crippen LogP contribution is -2.45. The summed E-state index contributed by atoms with van der Waals surface area (Å²) < 4.78 is 11.3. The summed E-state index contributed by atoms with van der Waals surface area (Å²) in [5.74, 6) is 0. The van der Waals surface area contributed by atoms with E-state index in [1.54, 1.807) is 6.08 Å². The molecule has 0 aliphatic carbocycles. The minimum Gasteiger partial charge on any atom is -0.445 e. The molecule has 0 spiro atoms. The zero-order valence-electron chi connectivity index (χ0n) is 14.9. The van der Waals surface area contributed by atoms with Gasteiger partial charge in [-0.15, -0.1) is 6.58 Å². The Kier molecular flexibility index (Phi) is 7.03. The Labute approximate surface area is 141 Å². The predicted molar refractivity (Wildman–Crippen MR) is 96.9 cm³/mol. The molecule has 1 N–H and O–H groups in total. The number of alkyl carbamates (subject to hydrolysis) is 1. The fourth-order valence-electron chi connectivity index (χ4n) is 1.60. The molecule has 1 amide bonds. The Morgan fingerprint density at radius 3 is 2.43 bits per heavy atom. The van der Waals surface area contributed by atoms with Gasteiger partial charge in [-0.05, 0) is 23.7 Å². The Balaban J connectivity index is 2.43. The number of rotatable bonds is 7. The van der Waals surface area contributed by atoms with Gasteiger partial charge in [0.25, 0.3) is 0 Å². The maximum absolute atomic E-state index is 11.9. The van der Waals surface area contributed by atoms with Crippen LogP contribution in [0.2, 0.25) is 18.1 Å². The normalized spacial score (nSPS) is 13.3. The highest BCUT2D eigenvalue weighted by molar-refractivity contribution is 6.74.